The van der Waals surface area contributed by atoms with Crippen molar-refractivity contribution < 1.29 is 0 Å². The van der Waals surface area contributed by atoms with Gasteiger partial charge in [0.05, 0.1) is 5.69 Å². The molecule has 1 nitrogen and oxygen atoms in total. The van der Waals surface area contributed by atoms with E-state index in [2.05, 4.69) is 53.5 Å². The summed E-state index contributed by atoms with van der Waals surface area (Å²) < 4.78 is 0. The zero-order valence-corrected chi connectivity index (χ0v) is 10.1. The molecule has 1 heterocycles. The first-order valence-corrected chi connectivity index (χ1v) is 6.38. The fourth-order valence-electron chi connectivity index (χ4n) is 2.94. The molecule has 1 aromatic heterocycles. The summed E-state index contributed by atoms with van der Waals surface area (Å²) >= 11 is 0. The topological polar surface area (TPSA) is 12.9 Å². The fourth-order valence-corrected chi connectivity index (χ4v) is 2.94. The molecule has 4 rings (SSSR count). The minimum absolute atomic E-state index is 1.10. The highest BCUT2D eigenvalue weighted by Crippen LogP contribution is 2.35. The number of pyridine rings is 1. The minimum Gasteiger partial charge on any atom is -0.255 e. The lowest BCUT2D eigenvalue weighted by atomic mass is 9.87. The molecule has 1 heteroatoms. The van der Waals surface area contributed by atoms with Crippen LogP contribution in [0.1, 0.15) is 11.1 Å². The molecule has 1 aliphatic rings. The van der Waals surface area contributed by atoms with Gasteiger partial charge in [-0.2, -0.15) is 0 Å². The first-order valence-electron chi connectivity index (χ1n) is 6.38. The number of rotatable bonds is 0. The van der Waals surface area contributed by atoms with Crippen molar-refractivity contribution in [3.8, 4) is 11.3 Å². The molecule has 0 spiro atoms. The molecule has 0 bridgehead atoms. The predicted octanol–water partition coefficient (Wildman–Crippen LogP) is 4.00. The van der Waals surface area contributed by atoms with Crippen molar-refractivity contribution in [1.29, 1.82) is 0 Å². The summed E-state index contributed by atoms with van der Waals surface area (Å²) in [7, 11) is 0. The number of hydrogen-bond donors (Lipinski definition) is 0. The first kappa shape index (κ1) is 9.84. The Hall–Kier alpha value is -2.15. The third-order valence-corrected chi connectivity index (χ3v) is 3.82. The minimum atomic E-state index is 1.10. The molecule has 0 radical (unpaired) electrons. The Labute approximate surface area is 106 Å². The summed E-state index contributed by atoms with van der Waals surface area (Å²) in [5, 5.41) is 2.60. The zero-order chi connectivity index (χ0) is 11.9. The molecule has 1 aliphatic carbocycles. The number of fused-ring (bicyclic) bond motifs is 5. The van der Waals surface area contributed by atoms with Gasteiger partial charge in [-0.3, -0.25) is 4.98 Å². The van der Waals surface area contributed by atoms with Crippen LogP contribution in [-0.4, -0.2) is 4.98 Å². The molecular weight excluding hydrogens is 218 g/mol. The van der Waals surface area contributed by atoms with Gasteiger partial charge in [0.2, 0.25) is 0 Å². The molecule has 0 saturated carbocycles. The second-order valence-corrected chi connectivity index (χ2v) is 4.83. The normalized spacial score (nSPS) is 13.1. The lowest BCUT2D eigenvalue weighted by Gasteiger charge is -2.20. The van der Waals surface area contributed by atoms with Crippen molar-refractivity contribution in [2.75, 3.05) is 0 Å². The number of hydrogen-bond acceptors (Lipinski definition) is 1. The van der Waals surface area contributed by atoms with Gasteiger partial charge in [0.25, 0.3) is 0 Å². The molecule has 0 saturated heterocycles. The van der Waals surface area contributed by atoms with Gasteiger partial charge in [-0.05, 0) is 29.4 Å². The van der Waals surface area contributed by atoms with Gasteiger partial charge in [-0.15, -0.1) is 0 Å². The highest BCUT2D eigenvalue weighted by molar-refractivity contribution is 5.90. The van der Waals surface area contributed by atoms with E-state index in [0.717, 1.165) is 12.8 Å². The molecule has 0 amide bonds. The molecule has 3 aromatic rings. The van der Waals surface area contributed by atoms with Crippen molar-refractivity contribution in [3.05, 3.63) is 65.9 Å². The van der Waals surface area contributed by atoms with Crippen molar-refractivity contribution in [2.24, 2.45) is 0 Å². The van der Waals surface area contributed by atoms with Crippen molar-refractivity contribution in [3.63, 3.8) is 0 Å². The summed E-state index contributed by atoms with van der Waals surface area (Å²) in [4.78, 5) is 4.69. The van der Waals surface area contributed by atoms with Crippen molar-refractivity contribution in [1.82, 2.24) is 4.98 Å². The van der Waals surface area contributed by atoms with E-state index in [-0.39, 0.29) is 0 Å². The van der Waals surface area contributed by atoms with Gasteiger partial charge in [0.1, 0.15) is 0 Å². The van der Waals surface area contributed by atoms with E-state index in [9.17, 15) is 0 Å². The maximum atomic E-state index is 4.69. The van der Waals surface area contributed by atoms with Crippen LogP contribution in [0.3, 0.4) is 0 Å². The van der Waals surface area contributed by atoms with E-state index in [1.54, 1.807) is 0 Å². The van der Waals surface area contributed by atoms with Crippen LogP contribution in [0.25, 0.3) is 22.0 Å². The van der Waals surface area contributed by atoms with Crippen LogP contribution < -0.4 is 0 Å². The van der Waals surface area contributed by atoms with Crippen molar-refractivity contribution in [2.45, 2.75) is 12.8 Å². The zero-order valence-electron chi connectivity index (χ0n) is 10.1. The Morgan fingerprint density at radius 1 is 0.833 bits per heavy atom. The summed E-state index contributed by atoms with van der Waals surface area (Å²) in [6.07, 6.45) is 4.22. The summed E-state index contributed by atoms with van der Waals surface area (Å²) in [5.41, 5.74) is 5.32. The quantitative estimate of drug-likeness (QED) is 0.570. The third-order valence-electron chi connectivity index (χ3n) is 3.82. The monoisotopic (exact) mass is 231 g/mol. The van der Waals surface area contributed by atoms with Gasteiger partial charge in [-0.1, -0.05) is 48.5 Å². The Kier molecular flexibility index (Phi) is 2.01. The molecule has 2 aromatic carbocycles. The van der Waals surface area contributed by atoms with Crippen LogP contribution in [0.4, 0.5) is 0 Å². The Morgan fingerprint density at radius 3 is 2.67 bits per heavy atom. The van der Waals surface area contributed by atoms with Gasteiger partial charge >= 0.3 is 0 Å². The van der Waals surface area contributed by atoms with Gasteiger partial charge < -0.3 is 0 Å². The van der Waals surface area contributed by atoms with Gasteiger partial charge in [0, 0.05) is 17.1 Å². The molecule has 0 aliphatic heterocycles. The lowest BCUT2D eigenvalue weighted by Crippen LogP contribution is -2.06. The van der Waals surface area contributed by atoms with Crippen LogP contribution in [0.5, 0.6) is 0 Å². The molecule has 18 heavy (non-hydrogen) atoms. The summed E-state index contributed by atoms with van der Waals surface area (Å²) in [6, 6.07) is 17.2. The van der Waals surface area contributed by atoms with Crippen LogP contribution in [0, 0.1) is 0 Å². The predicted molar refractivity (Wildman–Crippen MR) is 74.6 cm³/mol. The third kappa shape index (κ3) is 1.31. The summed E-state index contributed by atoms with van der Waals surface area (Å²) in [5.74, 6) is 0. The van der Waals surface area contributed by atoms with E-state index in [0.29, 0.717) is 0 Å². The number of aryl methyl sites for hydroxylation is 2. The number of benzene rings is 2. The van der Waals surface area contributed by atoms with E-state index < -0.39 is 0 Å². The standard InChI is InChI=1S/C17H13N/c1-4-8-15-12(5-1)9-10-16-14-7-3-2-6-13(14)11-18-17(15)16/h1-8,11H,9-10H2. The fraction of sp³-hybridized carbons (Fsp3) is 0.118. The average Bonchev–Trinajstić information content (AvgIpc) is 2.46. The maximum Gasteiger partial charge on any atom is 0.0743 e. The molecule has 0 fully saturated rings. The summed E-state index contributed by atoms with van der Waals surface area (Å²) in [6.45, 7) is 0. The van der Waals surface area contributed by atoms with Gasteiger partial charge in [-0.25, -0.2) is 0 Å². The molecule has 0 unspecified atom stereocenters. The first-order chi connectivity index (χ1) is 8.93. The SMILES string of the molecule is c1ccc2c(c1)CCc1c-2ncc2ccccc12. The molecule has 86 valence electrons. The van der Waals surface area contributed by atoms with Crippen molar-refractivity contribution >= 4 is 10.8 Å². The van der Waals surface area contributed by atoms with Crippen LogP contribution in [-0.2, 0) is 12.8 Å². The van der Waals surface area contributed by atoms with Crippen LogP contribution in [0.15, 0.2) is 54.7 Å². The Bertz CT molecular complexity index is 743. The lowest BCUT2D eigenvalue weighted by molar-refractivity contribution is 0.938. The van der Waals surface area contributed by atoms with E-state index >= 15 is 0 Å². The Morgan fingerprint density at radius 2 is 1.67 bits per heavy atom. The van der Waals surface area contributed by atoms with Gasteiger partial charge in [0.15, 0.2) is 0 Å². The second kappa shape index (κ2) is 3.67. The maximum absolute atomic E-state index is 4.69. The Balaban J connectivity index is 2.09. The highest BCUT2D eigenvalue weighted by atomic mass is 14.7. The highest BCUT2D eigenvalue weighted by Gasteiger charge is 2.18. The van der Waals surface area contributed by atoms with E-state index in [1.807, 2.05) is 6.20 Å². The van der Waals surface area contributed by atoms with Crippen LogP contribution in [0.2, 0.25) is 0 Å². The number of aromatic nitrogens is 1. The van der Waals surface area contributed by atoms with E-state index in [4.69, 9.17) is 0 Å². The van der Waals surface area contributed by atoms with E-state index in [1.165, 1.54) is 33.2 Å². The molecule has 0 atom stereocenters. The molecule has 0 N–H and O–H groups in total. The van der Waals surface area contributed by atoms with Crippen LogP contribution >= 0.6 is 0 Å². The average molecular weight is 231 g/mol. The molecular formula is C17H13N. The smallest absolute Gasteiger partial charge is 0.0743 e. The largest absolute Gasteiger partial charge is 0.255 e. The second-order valence-electron chi connectivity index (χ2n) is 4.83. The number of nitrogens with zero attached hydrogens (tertiary/aromatic N) is 1.